The predicted molar refractivity (Wildman–Crippen MR) is 50.2 cm³/mol. The van der Waals surface area contributed by atoms with Crippen LogP contribution >= 0.6 is 0 Å². The molecule has 1 N–H and O–H groups in total. The van der Waals surface area contributed by atoms with Crippen molar-refractivity contribution < 1.29 is 9.90 Å². The Morgan fingerprint density at radius 3 is 2.08 bits per heavy atom. The minimum Gasteiger partial charge on any atom is -0.382 e. The van der Waals surface area contributed by atoms with E-state index >= 15 is 0 Å². The van der Waals surface area contributed by atoms with Crippen LogP contribution in [-0.2, 0) is 4.79 Å². The van der Waals surface area contributed by atoms with Crippen LogP contribution in [0.3, 0.4) is 0 Å². The Bertz CT molecular complexity index is 278. The molecule has 0 saturated heterocycles. The summed E-state index contributed by atoms with van der Waals surface area (Å²) < 4.78 is 0. The predicted octanol–water partition coefficient (Wildman–Crippen LogP) is 1.76. The maximum Gasteiger partial charge on any atom is 0.170 e. The molecule has 2 rings (SSSR count). The standard InChI is InChI=1S/C11H18O2/c1-9(2)7-5-6-10(9,3)8(12)11(7,4)13/h7,13H,5-6H2,1-4H3/t7-,10-,11+/m0/s1. The van der Waals surface area contributed by atoms with Crippen LogP contribution in [0, 0.1) is 16.7 Å². The number of carbonyl (C=O) groups is 1. The summed E-state index contributed by atoms with van der Waals surface area (Å²) in [5.74, 6) is 0.207. The summed E-state index contributed by atoms with van der Waals surface area (Å²) in [5.41, 5.74) is -1.40. The minimum atomic E-state index is -1.07. The first-order valence-corrected chi connectivity index (χ1v) is 5.02. The maximum atomic E-state index is 12.0. The molecule has 13 heavy (non-hydrogen) atoms. The number of hydrogen-bond acceptors (Lipinski definition) is 2. The third-order valence-corrected chi connectivity index (χ3v) is 4.87. The smallest absolute Gasteiger partial charge is 0.170 e. The van der Waals surface area contributed by atoms with Gasteiger partial charge in [-0.05, 0) is 25.2 Å². The van der Waals surface area contributed by atoms with Crippen molar-refractivity contribution in [1.29, 1.82) is 0 Å². The highest BCUT2D eigenvalue weighted by Gasteiger charge is 2.70. The van der Waals surface area contributed by atoms with Crippen LogP contribution in [0.2, 0.25) is 0 Å². The second kappa shape index (κ2) is 2.00. The van der Waals surface area contributed by atoms with Crippen molar-refractivity contribution in [3.8, 4) is 0 Å². The first-order chi connectivity index (χ1) is 5.74. The molecule has 2 bridgehead atoms. The molecule has 0 aromatic rings. The van der Waals surface area contributed by atoms with Gasteiger partial charge in [-0.15, -0.1) is 0 Å². The molecular weight excluding hydrogens is 164 g/mol. The van der Waals surface area contributed by atoms with Crippen LogP contribution in [0.25, 0.3) is 0 Å². The summed E-state index contributed by atoms with van der Waals surface area (Å²) in [6.45, 7) is 7.93. The van der Waals surface area contributed by atoms with Gasteiger partial charge in [-0.1, -0.05) is 20.8 Å². The Kier molecular flexibility index (Phi) is 1.42. The molecule has 2 heteroatoms. The number of fused-ring (bicyclic) bond motifs is 2. The number of rotatable bonds is 0. The summed E-state index contributed by atoms with van der Waals surface area (Å²) >= 11 is 0. The van der Waals surface area contributed by atoms with Crippen LogP contribution in [0.5, 0.6) is 0 Å². The van der Waals surface area contributed by atoms with Gasteiger partial charge in [-0.25, -0.2) is 0 Å². The molecule has 0 aromatic carbocycles. The first kappa shape index (κ1) is 9.20. The van der Waals surface area contributed by atoms with Crippen molar-refractivity contribution >= 4 is 5.78 Å². The number of aliphatic hydroxyl groups is 1. The first-order valence-electron chi connectivity index (χ1n) is 5.02. The van der Waals surface area contributed by atoms with E-state index in [2.05, 4.69) is 13.8 Å². The molecular formula is C11H18O2. The maximum absolute atomic E-state index is 12.0. The molecule has 0 radical (unpaired) electrons. The van der Waals surface area contributed by atoms with E-state index in [4.69, 9.17) is 0 Å². The van der Waals surface area contributed by atoms with E-state index in [9.17, 15) is 9.90 Å². The second-order valence-electron chi connectivity index (χ2n) is 5.62. The van der Waals surface area contributed by atoms with E-state index in [0.29, 0.717) is 0 Å². The average molecular weight is 182 g/mol. The molecule has 0 unspecified atom stereocenters. The Balaban J connectivity index is 2.58. The zero-order valence-electron chi connectivity index (χ0n) is 8.85. The lowest BCUT2D eigenvalue weighted by molar-refractivity contribution is -0.144. The molecule has 3 atom stereocenters. The van der Waals surface area contributed by atoms with Gasteiger partial charge in [0.1, 0.15) is 5.60 Å². The van der Waals surface area contributed by atoms with Crippen LogP contribution in [0.4, 0.5) is 0 Å². The van der Waals surface area contributed by atoms with E-state index in [1.165, 1.54) is 0 Å². The summed E-state index contributed by atoms with van der Waals surface area (Å²) in [6, 6.07) is 0. The van der Waals surface area contributed by atoms with Gasteiger partial charge in [0.2, 0.25) is 0 Å². The Labute approximate surface area is 79.3 Å². The van der Waals surface area contributed by atoms with E-state index < -0.39 is 5.60 Å². The summed E-state index contributed by atoms with van der Waals surface area (Å²) in [4.78, 5) is 12.0. The number of carbonyl (C=O) groups excluding carboxylic acids is 1. The lowest BCUT2D eigenvalue weighted by atomic mass is 9.70. The molecule has 0 amide bonds. The van der Waals surface area contributed by atoms with E-state index in [1.807, 2.05) is 6.92 Å². The van der Waals surface area contributed by atoms with E-state index in [1.54, 1.807) is 6.92 Å². The van der Waals surface area contributed by atoms with Crippen molar-refractivity contribution in [2.24, 2.45) is 16.7 Å². The topological polar surface area (TPSA) is 37.3 Å². The van der Waals surface area contributed by atoms with Gasteiger partial charge in [-0.2, -0.15) is 0 Å². The minimum absolute atomic E-state index is 0.0341. The van der Waals surface area contributed by atoms with Crippen molar-refractivity contribution in [2.45, 2.75) is 46.1 Å². The van der Waals surface area contributed by atoms with Gasteiger partial charge in [0.05, 0.1) is 0 Å². The quantitative estimate of drug-likeness (QED) is 0.620. The van der Waals surface area contributed by atoms with Crippen molar-refractivity contribution in [2.75, 3.05) is 0 Å². The Morgan fingerprint density at radius 2 is 1.85 bits per heavy atom. The third-order valence-electron chi connectivity index (χ3n) is 4.87. The third kappa shape index (κ3) is 0.723. The molecule has 2 saturated carbocycles. The molecule has 0 aromatic heterocycles. The van der Waals surface area contributed by atoms with Gasteiger partial charge in [-0.3, -0.25) is 4.79 Å². The summed E-state index contributed by atoms with van der Waals surface area (Å²) in [5, 5.41) is 10.1. The van der Waals surface area contributed by atoms with Crippen LogP contribution < -0.4 is 0 Å². The van der Waals surface area contributed by atoms with Crippen LogP contribution in [-0.4, -0.2) is 16.5 Å². The highest BCUT2D eigenvalue weighted by atomic mass is 16.3. The molecule has 2 nitrogen and oxygen atoms in total. The number of Topliss-reactive ketones (excluding diaryl/α,β-unsaturated/α-hetero) is 1. The highest BCUT2D eigenvalue weighted by molar-refractivity contribution is 5.96. The highest BCUT2D eigenvalue weighted by Crippen LogP contribution is 2.66. The lowest BCUT2D eigenvalue weighted by Crippen LogP contribution is -2.43. The molecule has 2 aliphatic rings. The number of hydrogen-bond donors (Lipinski definition) is 1. The van der Waals surface area contributed by atoms with Gasteiger partial charge in [0.25, 0.3) is 0 Å². The Morgan fingerprint density at radius 1 is 1.31 bits per heavy atom. The van der Waals surface area contributed by atoms with Crippen LogP contribution in [0.15, 0.2) is 0 Å². The van der Waals surface area contributed by atoms with E-state index in [-0.39, 0.29) is 22.5 Å². The summed E-state index contributed by atoms with van der Waals surface area (Å²) in [6.07, 6.45) is 1.93. The average Bonchev–Trinajstić information content (AvgIpc) is 2.26. The summed E-state index contributed by atoms with van der Waals surface area (Å²) in [7, 11) is 0. The zero-order valence-corrected chi connectivity index (χ0v) is 8.85. The van der Waals surface area contributed by atoms with Crippen molar-refractivity contribution in [3.63, 3.8) is 0 Å². The van der Waals surface area contributed by atoms with Gasteiger partial charge < -0.3 is 5.11 Å². The van der Waals surface area contributed by atoms with Gasteiger partial charge >= 0.3 is 0 Å². The SMILES string of the molecule is CC1(C)[C@@H]2CC[C@@]1(C)C(=O)[C@]2(C)O. The molecule has 0 aliphatic heterocycles. The lowest BCUT2D eigenvalue weighted by Gasteiger charge is -2.31. The fourth-order valence-electron chi connectivity index (χ4n) is 3.61. The van der Waals surface area contributed by atoms with Crippen molar-refractivity contribution in [1.82, 2.24) is 0 Å². The normalized spacial score (nSPS) is 53.0. The monoisotopic (exact) mass is 182 g/mol. The van der Waals surface area contributed by atoms with Crippen molar-refractivity contribution in [3.05, 3.63) is 0 Å². The second-order valence-corrected chi connectivity index (χ2v) is 5.62. The van der Waals surface area contributed by atoms with Gasteiger partial charge in [0, 0.05) is 11.3 Å². The largest absolute Gasteiger partial charge is 0.382 e. The molecule has 0 spiro atoms. The molecule has 74 valence electrons. The fraction of sp³-hybridized carbons (Fsp3) is 0.909. The fourth-order valence-corrected chi connectivity index (χ4v) is 3.61. The zero-order chi connectivity index (χ0) is 10.1. The van der Waals surface area contributed by atoms with Crippen LogP contribution in [0.1, 0.15) is 40.5 Å². The van der Waals surface area contributed by atoms with Gasteiger partial charge in [0.15, 0.2) is 5.78 Å². The molecule has 0 heterocycles. The molecule has 2 aliphatic carbocycles. The van der Waals surface area contributed by atoms with E-state index in [0.717, 1.165) is 12.8 Å². The Hall–Kier alpha value is -0.370. The molecule has 2 fully saturated rings. The number of ketones is 1.